The second-order valence-electron chi connectivity index (χ2n) is 4.12. The molecule has 2 N–H and O–H groups in total. The Balaban J connectivity index is 2.27. The molecule has 0 radical (unpaired) electrons. The van der Waals surface area contributed by atoms with E-state index in [9.17, 15) is 0 Å². The van der Waals surface area contributed by atoms with Crippen LogP contribution in [0.1, 0.15) is 17.7 Å². The lowest BCUT2D eigenvalue weighted by atomic mass is 10.1. The first-order chi connectivity index (χ1) is 8.58. The molecule has 0 bridgehead atoms. The van der Waals surface area contributed by atoms with E-state index in [2.05, 4.69) is 10.1 Å². The molecule has 0 amide bonds. The topological polar surface area (TPSA) is 56.7 Å². The molecule has 2 unspecified atom stereocenters. The molecule has 1 heterocycles. The first-order valence-corrected chi connectivity index (χ1v) is 6.85. The van der Waals surface area contributed by atoms with Crippen molar-refractivity contribution in [2.24, 2.45) is 12.8 Å². The smallest absolute Gasteiger partial charge is 0.186 e. The molecule has 2 aromatic rings. The minimum absolute atomic E-state index is 0.00910. The second-order valence-corrected chi connectivity index (χ2v) is 5.66. The number of rotatable bonds is 4. The van der Waals surface area contributed by atoms with Gasteiger partial charge >= 0.3 is 0 Å². The molecule has 4 nitrogen and oxygen atoms in total. The van der Waals surface area contributed by atoms with Crippen LogP contribution >= 0.6 is 23.4 Å². The zero-order chi connectivity index (χ0) is 13.1. The van der Waals surface area contributed by atoms with Crippen LogP contribution in [0.25, 0.3) is 0 Å². The lowest BCUT2D eigenvalue weighted by Gasteiger charge is -2.20. The number of halogens is 1. The number of nitrogens with zero attached hydrogens (tertiary/aromatic N) is 3. The van der Waals surface area contributed by atoms with Crippen molar-refractivity contribution >= 4 is 23.4 Å². The number of aryl methyl sites for hydroxylation is 1. The van der Waals surface area contributed by atoms with Gasteiger partial charge in [-0.1, -0.05) is 35.5 Å². The molecule has 1 aromatic carbocycles. The predicted molar refractivity (Wildman–Crippen MR) is 74.7 cm³/mol. The summed E-state index contributed by atoms with van der Waals surface area (Å²) in [7, 11) is 1.87. The molecule has 1 aromatic heterocycles. The molecule has 0 spiro atoms. The normalized spacial score (nSPS) is 14.4. The van der Waals surface area contributed by atoms with E-state index in [-0.39, 0.29) is 11.3 Å². The second kappa shape index (κ2) is 5.73. The summed E-state index contributed by atoms with van der Waals surface area (Å²) in [5.41, 5.74) is 7.17. The maximum absolute atomic E-state index is 6.06. The van der Waals surface area contributed by atoms with E-state index in [1.54, 1.807) is 22.8 Å². The first-order valence-electron chi connectivity index (χ1n) is 5.59. The van der Waals surface area contributed by atoms with Crippen molar-refractivity contribution < 1.29 is 0 Å². The molecule has 96 valence electrons. The zero-order valence-electron chi connectivity index (χ0n) is 10.2. The van der Waals surface area contributed by atoms with Crippen molar-refractivity contribution in [2.45, 2.75) is 23.4 Å². The highest BCUT2D eigenvalue weighted by Gasteiger charge is 2.20. The molecule has 0 aliphatic rings. The van der Waals surface area contributed by atoms with Crippen molar-refractivity contribution in [3.63, 3.8) is 0 Å². The van der Waals surface area contributed by atoms with Gasteiger partial charge in [-0.15, -0.1) is 0 Å². The summed E-state index contributed by atoms with van der Waals surface area (Å²) < 4.78 is 1.74. The highest BCUT2D eigenvalue weighted by atomic mass is 35.5. The molecule has 0 aliphatic heterocycles. The maximum atomic E-state index is 6.06. The molecule has 0 saturated heterocycles. The van der Waals surface area contributed by atoms with Gasteiger partial charge in [-0.05, 0) is 24.6 Å². The quantitative estimate of drug-likeness (QED) is 0.876. The number of aromatic nitrogens is 3. The summed E-state index contributed by atoms with van der Waals surface area (Å²) in [4.78, 5) is 4.21. The highest BCUT2D eigenvalue weighted by Crippen LogP contribution is 2.36. The van der Waals surface area contributed by atoms with E-state index in [1.807, 2.05) is 38.2 Å². The minimum atomic E-state index is -0.00910. The van der Waals surface area contributed by atoms with Gasteiger partial charge in [0, 0.05) is 18.1 Å². The van der Waals surface area contributed by atoms with Gasteiger partial charge in [-0.2, -0.15) is 5.10 Å². The first kappa shape index (κ1) is 13.4. The van der Waals surface area contributed by atoms with E-state index >= 15 is 0 Å². The fraction of sp³-hybridized carbons (Fsp3) is 0.333. The number of thioether (sulfide) groups is 1. The van der Waals surface area contributed by atoms with Gasteiger partial charge in [-0.25, -0.2) is 9.67 Å². The molecule has 6 heteroatoms. The molecular formula is C12H15ClN4S. The van der Waals surface area contributed by atoms with Gasteiger partial charge < -0.3 is 5.73 Å². The Morgan fingerprint density at radius 2 is 2.22 bits per heavy atom. The van der Waals surface area contributed by atoms with Crippen LogP contribution in [0.2, 0.25) is 5.02 Å². The van der Waals surface area contributed by atoms with Crippen LogP contribution in [-0.2, 0) is 7.05 Å². The molecule has 0 fully saturated rings. The maximum Gasteiger partial charge on any atom is 0.186 e. The highest BCUT2D eigenvalue weighted by molar-refractivity contribution is 7.99. The summed E-state index contributed by atoms with van der Waals surface area (Å²) in [5.74, 6) is 0. The SMILES string of the molecule is CC(N)C(Sc1ncnn1C)c1cccc(Cl)c1. The summed E-state index contributed by atoms with van der Waals surface area (Å²) in [6, 6.07) is 7.76. The Morgan fingerprint density at radius 3 is 2.78 bits per heavy atom. The van der Waals surface area contributed by atoms with E-state index in [0.29, 0.717) is 0 Å². The van der Waals surface area contributed by atoms with Crippen LogP contribution < -0.4 is 5.73 Å². The Hall–Kier alpha value is -1.04. The van der Waals surface area contributed by atoms with Crippen molar-refractivity contribution in [3.8, 4) is 0 Å². The average molecular weight is 283 g/mol. The van der Waals surface area contributed by atoms with Crippen LogP contribution in [0, 0.1) is 0 Å². The molecular weight excluding hydrogens is 268 g/mol. The van der Waals surface area contributed by atoms with E-state index < -0.39 is 0 Å². The van der Waals surface area contributed by atoms with Gasteiger partial charge in [0.2, 0.25) is 0 Å². The van der Waals surface area contributed by atoms with Gasteiger partial charge in [0.1, 0.15) is 6.33 Å². The molecule has 0 saturated carbocycles. The van der Waals surface area contributed by atoms with Crippen LogP contribution in [0.5, 0.6) is 0 Å². The third-order valence-electron chi connectivity index (χ3n) is 2.56. The average Bonchev–Trinajstić information content (AvgIpc) is 2.71. The fourth-order valence-corrected chi connectivity index (χ4v) is 2.90. The molecule has 2 rings (SSSR count). The van der Waals surface area contributed by atoms with Gasteiger partial charge in [0.25, 0.3) is 0 Å². The van der Waals surface area contributed by atoms with Gasteiger partial charge in [0.15, 0.2) is 5.16 Å². The Bertz CT molecular complexity index is 526. The van der Waals surface area contributed by atoms with Gasteiger partial charge in [-0.3, -0.25) is 0 Å². The number of nitrogens with two attached hydrogens (primary N) is 1. The molecule has 2 atom stereocenters. The van der Waals surface area contributed by atoms with Crippen molar-refractivity contribution in [1.82, 2.24) is 14.8 Å². The van der Waals surface area contributed by atoms with Crippen LogP contribution in [0.4, 0.5) is 0 Å². The summed E-state index contributed by atoms with van der Waals surface area (Å²) in [5, 5.41) is 5.73. The van der Waals surface area contributed by atoms with Crippen molar-refractivity contribution in [3.05, 3.63) is 41.2 Å². The van der Waals surface area contributed by atoms with Crippen molar-refractivity contribution in [2.75, 3.05) is 0 Å². The Labute approximate surface area is 116 Å². The minimum Gasteiger partial charge on any atom is -0.327 e. The lowest BCUT2D eigenvalue weighted by molar-refractivity contribution is 0.672. The fourth-order valence-electron chi connectivity index (χ4n) is 1.67. The van der Waals surface area contributed by atoms with E-state index in [0.717, 1.165) is 15.7 Å². The zero-order valence-corrected chi connectivity index (χ0v) is 11.8. The molecule has 18 heavy (non-hydrogen) atoms. The van der Waals surface area contributed by atoms with Crippen molar-refractivity contribution in [1.29, 1.82) is 0 Å². The van der Waals surface area contributed by atoms with Gasteiger partial charge in [0.05, 0.1) is 5.25 Å². The molecule has 0 aliphatic carbocycles. The largest absolute Gasteiger partial charge is 0.327 e. The summed E-state index contributed by atoms with van der Waals surface area (Å²) in [6.07, 6.45) is 1.54. The Kier molecular flexibility index (Phi) is 4.27. The van der Waals surface area contributed by atoms with Crippen LogP contribution in [0.15, 0.2) is 35.7 Å². The number of hydrogen-bond donors (Lipinski definition) is 1. The van der Waals surface area contributed by atoms with E-state index in [1.165, 1.54) is 0 Å². The van der Waals surface area contributed by atoms with E-state index in [4.69, 9.17) is 17.3 Å². The lowest BCUT2D eigenvalue weighted by Crippen LogP contribution is -2.23. The third kappa shape index (κ3) is 3.04. The number of benzene rings is 1. The third-order valence-corrected chi connectivity index (χ3v) is 4.33. The predicted octanol–water partition coefficient (Wildman–Crippen LogP) is 2.65. The monoisotopic (exact) mass is 282 g/mol. The Morgan fingerprint density at radius 1 is 1.44 bits per heavy atom. The standard InChI is InChI=1S/C12H15ClN4S/c1-8(14)11(9-4-3-5-10(13)6-9)18-12-15-7-16-17(12)2/h3-8,11H,14H2,1-2H3. The van der Waals surface area contributed by atoms with Crippen LogP contribution in [0.3, 0.4) is 0 Å². The summed E-state index contributed by atoms with van der Waals surface area (Å²) >= 11 is 7.62. The van der Waals surface area contributed by atoms with Crippen LogP contribution in [-0.4, -0.2) is 20.8 Å². The number of hydrogen-bond acceptors (Lipinski definition) is 4. The summed E-state index contributed by atoms with van der Waals surface area (Å²) in [6.45, 7) is 1.98.